The zero-order chi connectivity index (χ0) is 41.3. The van der Waals surface area contributed by atoms with Gasteiger partial charge in [0.2, 0.25) is 23.7 Å². The van der Waals surface area contributed by atoms with Crippen molar-refractivity contribution in [1.82, 2.24) is 49.7 Å². The maximum Gasteiger partial charge on any atom is 0.246 e. The fourth-order valence-electron chi connectivity index (χ4n) is 8.65. The molecule has 0 bridgehead atoms. The lowest BCUT2D eigenvalue weighted by atomic mass is 9.99. The van der Waals surface area contributed by atoms with E-state index in [1.165, 1.54) is 0 Å². The zero-order valence-corrected chi connectivity index (χ0v) is 34.3. The molecule has 2 aliphatic rings. The van der Waals surface area contributed by atoms with Crippen LogP contribution in [0.4, 0.5) is 11.9 Å². The SMILES string of the molecule is CC(C)C(Nc1ncccn1)C(=O)N1CCCC1c1ncc(-c2ccc3cc(-c4ccc5nc(C6CCCN6C(=O)C(Nc6ncccn6)C(C)C)[nH]c5c4)ccc3c2)[nH]1. The van der Waals surface area contributed by atoms with Crippen LogP contribution in [0.25, 0.3) is 44.2 Å². The normalized spacial score (nSPS) is 17.8. The number of carbonyl (C=O) groups is 2. The highest BCUT2D eigenvalue weighted by atomic mass is 16.2. The number of rotatable bonds is 12. The van der Waals surface area contributed by atoms with E-state index in [0.717, 1.165) is 81.5 Å². The van der Waals surface area contributed by atoms with Gasteiger partial charge in [0.05, 0.1) is 35.0 Å². The van der Waals surface area contributed by atoms with Crippen LogP contribution in [-0.4, -0.2) is 86.7 Å². The minimum atomic E-state index is -0.451. The lowest BCUT2D eigenvalue weighted by molar-refractivity contribution is -0.134. The Morgan fingerprint density at radius 3 is 1.73 bits per heavy atom. The first kappa shape index (κ1) is 38.8. The number of anilines is 2. The number of aromatic amines is 2. The van der Waals surface area contributed by atoms with Gasteiger partial charge >= 0.3 is 0 Å². The number of fused-ring (bicyclic) bond motifs is 2. The van der Waals surface area contributed by atoms with Gasteiger partial charge in [0.1, 0.15) is 23.7 Å². The van der Waals surface area contributed by atoms with Crippen LogP contribution in [0.15, 0.2) is 97.7 Å². The largest absolute Gasteiger partial charge is 0.342 e. The Morgan fingerprint density at radius 2 is 1.15 bits per heavy atom. The summed E-state index contributed by atoms with van der Waals surface area (Å²) in [5.41, 5.74) is 5.93. The Labute approximate surface area is 348 Å². The van der Waals surface area contributed by atoms with Crippen LogP contribution in [0.1, 0.15) is 77.1 Å². The summed E-state index contributed by atoms with van der Waals surface area (Å²) < 4.78 is 0. The Hall–Kier alpha value is -6.70. The fraction of sp³-hybridized carbons (Fsp3) is 0.348. The van der Waals surface area contributed by atoms with Crippen LogP contribution in [-0.2, 0) is 9.59 Å². The molecule has 14 nitrogen and oxygen atoms in total. The summed E-state index contributed by atoms with van der Waals surface area (Å²) in [6.45, 7) is 9.49. The first-order chi connectivity index (χ1) is 29.2. The quantitative estimate of drug-likeness (QED) is 0.0950. The molecule has 4 atom stereocenters. The number of amides is 2. The summed E-state index contributed by atoms with van der Waals surface area (Å²) in [6.07, 6.45) is 12.1. The van der Waals surface area contributed by atoms with Crippen LogP contribution in [0, 0.1) is 11.8 Å². The molecule has 0 spiro atoms. The van der Waals surface area contributed by atoms with Crippen LogP contribution in [0.3, 0.4) is 0 Å². The number of carbonyl (C=O) groups excluding carboxylic acids is 2. The van der Waals surface area contributed by atoms with Gasteiger partial charge in [-0.1, -0.05) is 58.0 Å². The molecule has 2 fully saturated rings. The number of nitrogens with zero attached hydrogens (tertiary/aromatic N) is 8. The molecule has 2 saturated heterocycles. The first-order valence-corrected chi connectivity index (χ1v) is 21.0. The van der Waals surface area contributed by atoms with Gasteiger partial charge in [0, 0.05) is 43.4 Å². The number of imidazole rings is 2. The molecule has 0 aliphatic carbocycles. The van der Waals surface area contributed by atoms with Crippen molar-refractivity contribution in [1.29, 1.82) is 0 Å². The molecule has 14 heteroatoms. The topological polar surface area (TPSA) is 174 Å². The van der Waals surface area contributed by atoms with Crippen molar-refractivity contribution in [2.24, 2.45) is 11.8 Å². The minimum absolute atomic E-state index is 0.0300. The summed E-state index contributed by atoms with van der Waals surface area (Å²) in [6, 6.07) is 21.6. The van der Waals surface area contributed by atoms with Gasteiger partial charge in [0.15, 0.2) is 0 Å². The molecule has 9 rings (SSSR count). The first-order valence-electron chi connectivity index (χ1n) is 21.0. The minimum Gasteiger partial charge on any atom is -0.342 e. The molecule has 6 heterocycles. The van der Waals surface area contributed by atoms with E-state index in [1.54, 1.807) is 36.9 Å². The Kier molecular flexibility index (Phi) is 10.7. The summed E-state index contributed by atoms with van der Waals surface area (Å²) >= 11 is 0. The van der Waals surface area contributed by atoms with E-state index < -0.39 is 12.1 Å². The van der Waals surface area contributed by atoms with E-state index in [9.17, 15) is 9.59 Å². The highest BCUT2D eigenvalue weighted by molar-refractivity contribution is 5.92. The van der Waals surface area contributed by atoms with Gasteiger partial charge in [-0.2, -0.15) is 0 Å². The molecule has 7 aromatic rings. The number of likely N-dealkylation sites (tertiary alicyclic amines) is 2. The maximum atomic E-state index is 14.0. The molecule has 0 saturated carbocycles. The van der Waals surface area contributed by atoms with Crippen molar-refractivity contribution in [3.63, 3.8) is 0 Å². The number of benzene rings is 3. The van der Waals surface area contributed by atoms with Crippen molar-refractivity contribution >= 4 is 45.5 Å². The van der Waals surface area contributed by atoms with E-state index in [-0.39, 0.29) is 35.7 Å². The van der Waals surface area contributed by atoms with E-state index in [0.29, 0.717) is 25.0 Å². The van der Waals surface area contributed by atoms with Gasteiger partial charge in [-0.25, -0.2) is 29.9 Å². The van der Waals surface area contributed by atoms with Gasteiger partial charge in [-0.15, -0.1) is 0 Å². The molecule has 4 unspecified atom stereocenters. The number of H-pyrrole nitrogens is 2. The molecule has 0 radical (unpaired) electrons. The molecular formula is C46H50N12O2. The lowest BCUT2D eigenvalue weighted by Crippen LogP contribution is -2.45. The van der Waals surface area contributed by atoms with Gasteiger partial charge in [-0.3, -0.25) is 9.59 Å². The molecule has 306 valence electrons. The molecule has 2 aliphatic heterocycles. The third-order valence-electron chi connectivity index (χ3n) is 11.8. The van der Waals surface area contributed by atoms with E-state index in [2.05, 4.69) is 95.1 Å². The predicted molar refractivity (Wildman–Crippen MR) is 233 cm³/mol. The third-order valence-corrected chi connectivity index (χ3v) is 11.8. The number of hydrogen-bond donors (Lipinski definition) is 4. The van der Waals surface area contributed by atoms with E-state index in [1.807, 2.05) is 43.7 Å². The number of nitrogens with one attached hydrogen (secondary N) is 4. The van der Waals surface area contributed by atoms with Crippen molar-refractivity contribution in [3.05, 3.63) is 109 Å². The average molecular weight is 803 g/mol. The standard InChI is InChI=1S/C46H50N12O2/c1-27(2)39(55-45-47-17-7-18-48-45)43(59)57-21-5-9-37(57)41-51-26-36(54-41)33-14-13-29-23-30(11-12-31(29)24-33)32-15-16-34-35(25-32)53-42(52-34)38-10-6-22-58(38)44(60)40(28(3)4)56-46-49-19-8-20-50-46/h7-8,11-20,23-28,37-40H,5-6,9-10,21-22H2,1-4H3,(H,51,54)(H,52,53)(H,47,48,55)(H,49,50,56). The molecule has 2 amide bonds. The highest BCUT2D eigenvalue weighted by Crippen LogP contribution is 2.36. The van der Waals surface area contributed by atoms with Crippen LogP contribution in [0.2, 0.25) is 0 Å². The second-order valence-corrected chi connectivity index (χ2v) is 16.6. The second-order valence-electron chi connectivity index (χ2n) is 16.6. The smallest absolute Gasteiger partial charge is 0.246 e. The monoisotopic (exact) mass is 802 g/mol. The molecule has 4 aromatic heterocycles. The van der Waals surface area contributed by atoms with Crippen molar-refractivity contribution in [2.45, 2.75) is 77.5 Å². The molecule has 3 aromatic carbocycles. The van der Waals surface area contributed by atoms with Crippen molar-refractivity contribution in [2.75, 3.05) is 23.7 Å². The van der Waals surface area contributed by atoms with Crippen molar-refractivity contribution < 1.29 is 9.59 Å². The average Bonchev–Trinajstić information content (AvgIpc) is 4.11. The van der Waals surface area contributed by atoms with E-state index >= 15 is 0 Å². The summed E-state index contributed by atoms with van der Waals surface area (Å²) in [5, 5.41) is 8.76. The summed E-state index contributed by atoms with van der Waals surface area (Å²) in [4.78, 5) is 65.8. The number of hydrogen-bond acceptors (Lipinski definition) is 10. The van der Waals surface area contributed by atoms with Crippen LogP contribution < -0.4 is 10.6 Å². The summed E-state index contributed by atoms with van der Waals surface area (Å²) in [5.74, 6) is 2.65. The molecule has 60 heavy (non-hydrogen) atoms. The molecular weight excluding hydrogens is 753 g/mol. The Bertz CT molecular complexity index is 2620. The van der Waals surface area contributed by atoms with Crippen LogP contribution >= 0.6 is 0 Å². The lowest BCUT2D eigenvalue weighted by Gasteiger charge is -2.30. The van der Waals surface area contributed by atoms with Gasteiger partial charge < -0.3 is 30.4 Å². The Balaban J connectivity index is 0.901. The maximum absolute atomic E-state index is 14.0. The van der Waals surface area contributed by atoms with Crippen molar-refractivity contribution in [3.8, 4) is 22.4 Å². The van der Waals surface area contributed by atoms with E-state index in [4.69, 9.17) is 9.97 Å². The predicted octanol–water partition coefficient (Wildman–Crippen LogP) is 7.95. The fourth-order valence-corrected chi connectivity index (χ4v) is 8.65. The van der Waals surface area contributed by atoms with Crippen LogP contribution in [0.5, 0.6) is 0 Å². The van der Waals surface area contributed by atoms with Gasteiger partial charge in [-0.05, 0) is 95.8 Å². The summed E-state index contributed by atoms with van der Waals surface area (Å²) in [7, 11) is 0. The zero-order valence-electron chi connectivity index (χ0n) is 34.3. The van der Waals surface area contributed by atoms with Gasteiger partial charge in [0.25, 0.3) is 0 Å². The molecule has 4 N–H and O–H groups in total. The number of aromatic nitrogens is 8. The highest BCUT2D eigenvalue weighted by Gasteiger charge is 2.38. The Morgan fingerprint density at radius 1 is 0.633 bits per heavy atom. The third kappa shape index (κ3) is 7.76. The second kappa shape index (κ2) is 16.5.